The quantitative estimate of drug-likeness (QED) is 0.521. The zero-order valence-corrected chi connectivity index (χ0v) is 17.2. The molecule has 1 unspecified atom stereocenters. The number of imidazole rings is 1. The fourth-order valence-corrected chi connectivity index (χ4v) is 4.57. The van der Waals surface area contributed by atoms with E-state index in [1.165, 1.54) is 11.5 Å². The van der Waals surface area contributed by atoms with E-state index in [4.69, 9.17) is 5.73 Å². The molecule has 10 nitrogen and oxygen atoms in total. The number of amides is 2. The molecule has 1 fully saturated rings. The van der Waals surface area contributed by atoms with Crippen molar-refractivity contribution in [2.45, 2.75) is 18.8 Å². The minimum absolute atomic E-state index is 0.199. The van der Waals surface area contributed by atoms with E-state index in [0.717, 1.165) is 40.4 Å². The van der Waals surface area contributed by atoms with Crippen LogP contribution in [0, 0.1) is 0 Å². The number of carbonyl (C=O) groups excluding carboxylic acids is 1. The van der Waals surface area contributed by atoms with Crippen LogP contribution in [0.25, 0.3) is 16.9 Å². The predicted octanol–water partition coefficient (Wildman–Crippen LogP) is 2.59. The summed E-state index contributed by atoms with van der Waals surface area (Å²) >= 11 is 1.38. The van der Waals surface area contributed by atoms with Crippen LogP contribution in [0.15, 0.2) is 37.1 Å². The topological polar surface area (TPSA) is 119 Å². The van der Waals surface area contributed by atoms with Gasteiger partial charge in [-0.25, -0.2) is 14.8 Å². The molecule has 154 valence electrons. The van der Waals surface area contributed by atoms with Crippen molar-refractivity contribution in [3.05, 3.63) is 42.7 Å². The smallest absolute Gasteiger partial charge is 0.314 e. The van der Waals surface area contributed by atoms with Gasteiger partial charge in [-0.05, 0) is 30.4 Å². The SMILES string of the molecule is Cn1cc(-c2cnc3c(Nc4cc(C5CCCN(C(N)=O)C5)ns4)nccn23)cn1. The molecule has 0 aliphatic carbocycles. The van der Waals surface area contributed by atoms with Crippen LogP contribution in [0.4, 0.5) is 15.6 Å². The molecule has 0 bridgehead atoms. The summed E-state index contributed by atoms with van der Waals surface area (Å²) in [6, 6.07) is 1.66. The summed E-state index contributed by atoms with van der Waals surface area (Å²) < 4.78 is 8.35. The number of aryl methyl sites for hydroxylation is 1. The van der Waals surface area contributed by atoms with Crippen LogP contribution in [0.1, 0.15) is 24.5 Å². The normalized spacial score (nSPS) is 16.8. The molecule has 4 aromatic heterocycles. The van der Waals surface area contributed by atoms with Gasteiger partial charge in [-0.1, -0.05) is 0 Å². The first-order chi connectivity index (χ1) is 14.6. The molecule has 1 atom stereocenters. The maximum absolute atomic E-state index is 11.5. The Morgan fingerprint density at radius 1 is 1.33 bits per heavy atom. The number of nitrogens with two attached hydrogens (primary N) is 1. The van der Waals surface area contributed by atoms with Crippen molar-refractivity contribution in [2.75, 3.05) is 18.4 Å². The Morgan fingerprint density at radius 2 is 2.23 bits per heavy atom. The summed E-state index contributed by atoms with van der Waals surface area (Å²) in [5.74, 6) is 0.857. The maximum atomic E-state index is 11.5. The number of fused-ring (bicyclic) bond motifs is 1. The number of likely N-dealkylation sites (tertiary alicyclic amines) is 1. The van der Waals surface area contributed by atoms with Crippen molar-refractivity contribution in [1.82, 2.24) is 33.4 Å². The summed E-state index contributed by atoms with van der Waals surface area (Å²) in [7, 11) is 1.89. The van der Waals surface area contributed by atoms with Crippen molar-refractivity contribution < 1.29 is 4.79 Å². The second-order valence-electron chi connectivity index (χ2n) is 7.38. The van der Waals surface area contributed by atoms with E-state index in [0.29, 0.717) is 18.9 Å². The molecule has 4 aromatic rings. The molecule has 0 spiro atoms. The Bertz CT molecular complexity index is 1210. The number of primary amides is 1. The van der Waals surface area contributed by atoms with Gasteiger partial charge in [0.1, 0.15) is 5.00 Å². The number of anilines is 2. The Hall–Kier alpha value is -3.47. The number of urea groups is 1. The van der Waals surface area contributed by atoms with Crippen LogP contribution < -0.4 is 11.1 Å². The van der Waals surface area contributed by atoms with Gasteiger partial charge in [-0.15, -0.1) is 0 Å². The highest BCUT2D eigenvalue weighted by Crippen LogP contribution is 2.32. The lowest BCUT2D eigenvalue weighted by atomic mass is 9.95. The molecule has 30 heavy (non-hydrogen) atoms. The van der Waals surface area contributed by atoms with E-state index in [9.17, 15) is 4.79 Å². The Morgan fingerprint density at radius 3 is 3.03 bits per heavy atom. The van der Waals surface area contributed by atoms with Gasteiger partial charge in [-0.2, -0.15) is 9.47 Å². The van der Waals surface area contributed by atoms with Crippen molar-refractivity contribution in [3.63, 3.8) is 0 Å². The first kappa shape index (κ1) is 18.6. The number of carbonyl (C=O) groups is 1. The number of nitrogens with zero attached hydrogens (tertiary/aromatic N) is 7. The molecule has 1 aliphatic rings. The molecule has 11 heteroatoms. The van der Waals surface area contributed by atoms with Crippen LogP contribution in [-0.2, 0) is 7.05 Å². The summed E-state index contributed by atoms with van der Waals surface area (Å²) in [6.07, 6.45) is 11.1. The standard InChI is InChI=1S/C19H21N9OS/c1-26-10-13(8-23-26)15-9-22-18-17(21-4-6-28(15)18)24-16-7-14(25-30-16)12-3-2-5-27(11-12)19(20)29/h4,6-10,12H,2-3,5,11H2,1H3,(H2,20,29)(H,21,24). The molecule has 0 saturated carbocycles. The number of hydrogen-bond acceptors (Lipinski definition) is 7. The number of nitrogens with one attached hydrogen (secondary N) is 1. The molecule has 5 heterocycles. The van der Waals surface area contributed by atoms with Gasteiger partial charge < -0.3 is 16.0 Å². The number of hydrogen-bond donors (Lipinski definition) is 2. The second-order valence-corrected chi connectivity index (χ2v) is 8.18. The largest absolute Gasteiger partial charge is 0.351 e. The molecule has 1 saturated heterocycles. The fraction of sp³-hybridized carbons (Fsp3) is 0.316. The van der Waals surface area contributed by atoms with Crippen molar-refractivity contribution in [2.24, 2.45) is 12.8 Å². The molecule has 2 amide bonds. The van der Waals surface area contributed by atoms with Crippen molar-refractivity contribution >= 4 is 34.0 Å². The predicted molar refractivity (Wildman–Crippen MR) is 114 cm³/mol. The van der Waals surface area contributed by atoms with Crippen LogP contribution in [0.2, 0.25) is 0 Å². The third-order valence-electron chi connectivity index (χ3n) is 5.35. The summed E-state index contributed by atoms with van der Waals surface area (Å²) in [6.45, 7) is 1.33. The van der Waals surface area contributed by atoms with Crippen LogP contribution in [0.5, 0.6) is 0 Å². The minimum Gasteiger partial charge on any atom is -0.351 e. The average Bonchev–Trinajstić information content (AvgIpc) is 3.48. The number of rotatable bonds is 4. The molecule has 1 aliphatic heterocycles. The highest BCUT2D eigenvalue weighted by atomic mass is 32.1. The fourth-order valence-electron chi connectivity index (χ4n) is 3.85. The van der Waals surface area contributed by atoms with Crippen LogP contribution >= 0.6 is 11.5 Å². The van der Waals surface area contributed by atoms with Crippen LogP contribution in [0.3, 0.4) is 0 Å². The summed E-state index contributed by atoms with van der Waals surface area (Å²) in [4.78, 5) is 22.2. The van der Waals surface area contributed by atoms with E-state index in [1.807, 2.05) is 42.3 Å². The Labute approximate surface area is 176 Å². The Balaban J connectivity index is 1.39. The van der Waals surface area contributed by atoms with Gasteiger partial charge in [0.15, 0.2) is 11.5 Å². The van der Waals surface area contributed by atoms with Crippen LogP contribution in [-0.4, -0.2) is 52.5 Å². The lowest BCUT2D eigenvalue weighted by molar-refractivity contribution is 0.188. The molecular weight excluding hydrogens is 402 g/mol. The van der Waals surface area contributed by atoms with E-state index in [-0.39, 0.29) is 11.9 Å². The van der Waals surface area contributed by atoms with Gasteiger partial charge >= 0.3 is 6.03 Å². The zero-order valence-electron chi connectivity index (χ0n) is 16.4. The summed E-state index contributed by atoms with van der Waals surface area (Å²) in [5.41, 5.74) is 9.08. The maximum Gasteiger partial charge on any atom is 0.314 e. The lowest BCUT2D eigenvalue weighted by Crippen LogP contribution is -2.42. The van der Waals surface area contributed by atoms with Gasteiger partial charge in [0.05, 0.1) is 23.8 Å². The Kier molecular flexibility index (Phi) is 4.58. The molecule has 0 aromatic carbocycles. The first-order valence-corrected chi connectivity index (χ1v) is 10.4. The first-order valence-electron chi connectivity index (χ1n) is 9.67. The van der Waals surface area contributed by atoms with Gasteiger partial charge in [0, 0.05) is 50.2 Å². The monoisotopic (exact) mass is 423 g/mol. The molecule has 0 radical (unpaired) electrons. The summed E-state index contributed by atoms with van der Waals surface area (Å²) in [5, 5.41) is 8.47. The van der Waals surface area contributed by atoms with E-state index < -0.39 is 0 Å². The highest BCUT2D eigenvalue weighted by Gasteiger charge is 2.25. The van der Waals surface area contributed by atoms with Gasteiger partial charge in [0.2, 0.25) is 0 Å². The van der Waals surface area contributed by atoms with E-state index in [2.05, 4.69) is 24.8 Å². The highest BCUT2D eigenvalue weighted by molar-refractivity contribution is 7.10. The van der Waals surface area contributed by atoms with Crippen molar-refractivity contribution in [3.8, 4) is 11.3 Å². The van der Waals surface area contributed by atoms with E-state index >= 15 is 0 Å². The number of piperidine rings is 1. The third kappa shape index (κ3) is 3.36. The van der Waals surface area contributed by atoms with Gasteiger partial charge in [-0.3, -0.25) is 9.08 Å². The third-order valence-corrected chi connectivity index (χ3v) is 6.07. The zero-order chi connectivity index (χ0) is 20.7. The minimum atomic E-state index is -0.368. The van der Waals surface area contributed by atoms with Gasteiger partial charge in [0.25, 0.3) is 0 Å². The lowest BCUT2D eigenvalue weighted by Gasteiger charge is -2.30. The second kappa shape index (κ2) is 7.41. The molecule has 3 N–H and O–H groups in total. The number of aromatic nitrogens is 6. The van der Waals surface area contributed by atoms with E-state index in [1.54, 1.807) is 15.8 Å². The molecular formula is C19H21N9OS. The molecule has 5 rings (SSSR count). The average molecular weight is 424 g/mol. The van der Waals surface area contributed by atoms with Crippen molar-refractivity contribution in [1.29, 1.82) is 0 Å².